The number of alkyl carbamates (subject to hydrolysis) is 1. The molecule has 0 aromatic rings. The first-order valence-electron chi connectivity index (χ1n) is 6.40. The first kappa shape index (κ1) is 18.2. The smallest absolute Gasteiger partial charge is 0.408 e. The highest BCUT2D eigenvalue weighted by atomic mass is 16.6. The van der Waals surface area contributed by atoms with Gasteiger partial charge in [-0.2, -0.15) is 0 Å². The van der Waals surface area contributed by atoms with Crippen LogP contribution in [0.5, 0.6) is 0 Å². The van der Waals surface area contributed by atoms with E-state index < -0.39 is 29.1 Å². The van der Waals surface area contributed by atoms with Crippen LogP contribution in [0, 0.1) is 0 Å². The van der Waals surface area contributed by atoms with Crippen LogP contribution in [0.1, 0.15) is 41.0 Å². The fourth-order valence-electron chi connectivity index (χ4n) is 1.33. The normalized spacial score (nSPS) is 13.9. The van der Waals surface area contributed by atoms with Gasteiger partial charge in [-0.3, -0.25) is 4.79 Å². The maximum Gasteiger partial charge on any atom is 0.408 e. The standard InChI is InChI=1S/C13H24N2O5/c1-7-13(5,10(17)19-6)15-9(16)8-14-11(18)20-12(2,3)4/h7-8H2,1-6H3,(H,14,18)(H,15,16)/t13-/m1/s1. The molecule has 0 bridgehead atoms. The molecule has 0 aliphatic carbocycles. The van der Waals surface area contributed by atoms with Crippen LogP contribution < -0.4 is 10.6 Å². The molecule has 2 N–H and O–H groups in total. The summed E-state index contributed by atoms with van der Waals surface area (Å²) in [6, 6.07) is 0. The Kier molecular flexibility index (Phi) is 6.48. The van der Waals surface area contributed by atoms with Crippen LogP contribution in [-0.2, 0) is 19.1 Å². The van der Waals surface area contributed by atoms with E-state index in [1.54, 1.807) is 34.6 Å². The number of nitrogens with one attached hydrogen (secondary N) is 2. The van der Waals surface area contributed by atoms with Crippen LogP contribution in [0.3, 0.4) is 0 Å². The van der Waals surface area contributed by atoms with Crippen LogP contribution in [0.2, 0.25) is 0 Å². The molecule has 0 fully saturated rings. The molecule has 116 valence electrons. The van der Waals surface area contributed by atoms with E-state index in [-0.39, 0.29) is 6.54 Å². The predicted molar refractivity (Wildman–Crippen MR) is 73.1 cm³/mol. The minimum absolute atomic E-state index is 0.276. The van der Waals surface area contributed by atoms with Gasteiger partial charge in [-0.1, -0.05) is 6.92 Å². The Morgan fingerprint density at radius 1 is 1.10 bits per heavy atom. The third-order valence-corrected chi connectivity index (χ3v) is 2.55. The molecule has 0 aromatic heterocycles. The third kappa shape index (κ3) is 6.40. The first-order chi connectivity index (χ1) is 9.04. The lowest BCUT2D eigenvalue weighted by Crippen LogP contribution is -2.54. The number of esters is 1. The Bertz CT molecular complexity index is 375. The summed E-state index contributed by atoms with van der Waals surface area (Å²) in [5.74, 6) is -1.03. The number of hydrogen-bond donors (Lipinski definition) is 2. The van der Waals surface area contributed by atoms with Gasteiger partial charge in [0.15, 0.2) is 0 Å². The van der Waals surface area contributed by atoms with Crippen LogP contribution >= 0.6 is 0 Å². The van der Waals surface area contributed by atoms with E-state index in [9.17, 15) is 14.4 Å². The molecule has 0 radical (unpaired) electrons. The van der Waals surface area contributed by atoms with E-state index in [2.05, 4.69) is 15.4 Å². The molecule has 0 saturated heterocycles. The molecule has 0 heterocycles. The van der Waals surface area contributed by atoms with Gasteiger partial charge in [0, 0.05) is 0 Å². The zero-order valence-electron chi connectivity index (χ0n) is 13.0. The summed E-state index contributed by atoms with van der Waals surface area (Å²) in [4.78, 5) is 34.7. The largest absolute Gasteiger partial charge is 0.467 e. The third-order valence-electron chi connectivity index (χ3n) is 2.55. The maximum atomic E-state index is 11.7. The summed E-state index contributed by atoms with van der Waals surface area (Å²) >= 11 is 0. The second-order valence-corrected chi connectivity index (χ2v) is 5.58. The zero-order chi connectivity index (χ0) is 16.0. The highest BCUT2D eigenvalue weighted by molar-refractivity contribution is 5.89. The fourth-order valence-corrected chi connectivity index (χ4v) is 1.33. The summed E-state index contributed by atoms with van der Waals surface area (Å²) in [5.41, 5.74) is -1.74. The van der Waals surface area contributed by atoms with E-state index in [1.807, 2.05) is 0 Å². The summed E-state index contributed by atoms with van der Waals surface area (Å²) in [5, 5.41) is 4.85. The predicted octanol–water partition coefficient (Wildman–Crippen LogP) is 0.969. The first-order valence-corrected chi connectivity index (χ1v) is 6.40. The monoisotopic (exact) mass is 288 g/mol. The Morgan fingerprint density at radius 3 is 2.05 bits per heavy atom. The van der Waals surface area contributed by atoms with E-state index in [0.717, 1.165) is 0 Å². The van der Waals surface area contributed by atoms with Crippen LogP contribution in [0.25, 0.3) is 0 Å². The van der Waals surface area contributed by atoms with Gasteiger partial charge < -0.3 is 20.1 Å². The lowest BCUT2D eigenvalue weighted by atomic mass is 9.99. The van der Waals surface area contributed by atoms with Crippen LogP contribution in [-0.4, -0.2) is 42.8 Å². The SMILES string of the molecule is CC[C@@](C)(NC(=O)CNC(=O)OC(C)(C)C)C(=O)OC. The van der Waals surface area contributed by atoms with Crippen molar-refractivity contribution in [1.82, 2.24) is 10.6 Å². The average molecular weight is 288 g/mol. The molecule has 0 saturated carbocycles. The quantitative estimate of drug-likeness (QED) is 0.735. The average Bonchev–Trinajstić information content (AvgIpc) is 2.33. The minimum atomic E-state index is -1.11. The van der Waals surface area contributed by atoms with E-state index in [1.165, 1.54) is 7.11 Å². The molecule has 0 aliphatic heterocycles. The second kappa shape index (κ2) is 7.12. The minimum Gasteiger partial charge on any atom is -0.467 e. The molecule has 0 aliphatic rings. The maximum absolute atomic E-state index is 11.7. The van der Waals surface area contributed by atoms with Crippen molar-refractivity contribution in [2.75, 3.05) is 13.7 Å². The molecule has 0 aromatic carbocycles. The molecule has 7 heteroatoms. The molecular formula is C13H24N2O5. The Labute approximate surface area is 119 Å². The van der Waals surface area contributed by atoms with E-state index >= 15 is 0 Å². The molecule has 0 rings (SSSR count). The molecule has 2 amide bonds. The molecule has 7 nitrogen and oxygen atoms in total. The van der Waals surface area contributed by atoms with Crippen LogP contribution in [0.4, 0.5) is 4.79 Å². The van der Waals surface area contributed by atoms with Crippen molar-refractivity contribution in [3.63, 3.8) is 0 Å². The van der Waals surface area contributed by atoms with Gasteiger partial charge in [0.25, 0.3) is 0 Å². The van der Waals surface area contributed by atoms with E-state index in [4.69, 9.17) is 4.74 Å². The zero-order valence-corrected chi connectivity index (χ0v) is 13.0. The van der Waals surface area contributed by atoms with Crippen molar-refractivity contribution in [2.24, 2.45) is 0 Å². The van der Waals surface area contributed by atoms with Crippen molar-refractivity contribution < 1.29 is 23.9 Å². The highest BCUT2D eigenvalue weighted by Gasteiger charge is 2.34. The Morgan fingerprint density at radius 2 is 1.65 bits per heavy atom. The van der Waals surface area contributed by atoms with Gasteiger partial charge in [0.05, 0.1) is 7.11 Å². The lowest BCUT2D eigenvalue weighted by molar-refractivity contribution is -0.150. The number of carbonyl (C=O) groups excluding carboxylic acids is 3. The lowest BCUT2D eigenvalue weighted by Gasteiger charge is -2.26. The number of hydrogen-bond acceptors (Lipinski definition) is 5. The summed E-state index contributed by atoms with van der Waals surface area (Å²) in [6.07, 6.45) is -0.318. The van der Waals surface area contributed by atoms with Crippen molar-refractivity contribution >= 4 is 18.0 Å². The number of ether oxygens (including phenoxy) is 2. The van der Waals surface area contributed by atoms with Crippen LogP contribution in [0.15, 0.2) is 0 Å². The Hall–Kier alpha value is -1.79. The topological polar surface area (TPSA) is 93.7 Å². The molecule has 1 atom stereocenters. The van der Waals surface area contributed by atoms with Gasteiger partial charge in [0.2, 0.25) is 5.91 Å². The molecule has 20 heavy (non-hydrogen) atoms. The number of methoxy groups -OCH3 is 1. The van der Waals surface area contributed by atoms with Crippen molar-refractivity contribution in [1.29, 1.82) is 0 Å². The second-order valence-electron chi connectivity index (χ2n) is 5.58. The number of rotatable bonds is 5. The van der Waals surface area contributed by atoms with Crippen molar-refractivity contribution in [2.45, 2.75) is 52.2 Å². The summed E-state index contributed by atoms with van der Waals surface area (Å²) in [7, 11) is 1.25. The molecule has 0 unspecified atom stereocenters. The molecule has 0 spiro atoms. The summed E-state index contributed by atoms with van der Waals surface area (Å²) < 4.78 is 9.62. The fraction of sp³-hybridized carbons (Fsp3) is 0.769. The van der Waals surface area contributed by atoms with Gasteiger partial charge >= 0.3 is 12.1 Å². The van der Waals surface area contributed by atoms with Crippen molar-refractivity contribution in [3.8, 4) is 0 Å². The van der Waals surface area contributed by atoms with Gasteiger partial charge in [0.1, 0.15) is 17.7 Å². The number of amides is 2. The van der Waals surface area contributed by atoms with Gasteiger partial charge in [-0.05, 0) is 34.1 Å². The van der Waals surface area contributed by atoms with E-state index in [0.29, 0.717) is 6.42 Å². The highest BCUT2D eigenvalue weighted by Crippen LogP contribution is 2.11. The van der Waals surface area contributed by atoms with Gasteiger partial charge in [-0.25, -0.2) is 9.59 Å². The van der Waals surface area contributed by atoms with Crippen molar-refractivity contribution in [3.05, 3.63) is 0 Å². The molecular weight excluding hydrogens is 264 g/mol. The number of carbonyl (C=O) groups is 3. The van der Waals surface area contributed by atoms with Gasteiger partial charge in [-0.15, -0.1) is 0 Å². The summed E-state index contributed by atoms with van der Waals surface area (Å²) in [6.45, 7) is 8.19. The Balaban J connectivity index is 4.36.